The zero-order valence-electron chi connectivity index (χ0n) is 19.1. The summed E-state index contributed by atoms with van der Waals surface area (Å²) in [6, 6.07) is 10.9. The summed E-state index contributed by atoms with van der Waals surface area (Å²) in [7, 11) is 1.53. The van der Waals surface area contributed by atoms with E-state index >= 15 is 0 Å². The molecule has 1 aliphatic rings. The SMILES string of the molecule is COc1ccc(N2CN(C(=O)CN(CC(C)C)C(=O)c3cccc(C(F)(F)F)c3)CC2=O)cc1. The first kappa shape index (κ1) is 25.1. The number of carbonyl (C=O) groups excluding carboxylic acids is 3. The van der Waals surface area contributed by atoms with Crippen LogP contribution in [0.25, 0.3) is 0 Å². The van der Waals surface area contributed by atoms with E-state index in [-0.39, 0.29) is 43.7 Å². The number of amides is 3. The molecule has 0 saturated carbocycles. The first-order valence-electron chi connectivity index (χ1n) is 10.7. The summed E-state index contributed by atoms with van der Waals surface area (Å²) in [6.45, 7) is 3.35. The molecule has 0 spiro atoms. The Kier molecular flexibility index (Phi) is 7.48. The molecule has 7 nitrogen and oxygen atoms in total. The highest BCUT2D eigenvalue weighted by atomic mass is 19.4. The number of rotatable bonds is 7. The molecule has 1 saturated heterocycles. The monoisotopic (exact) mass is 477 g/mol. The van der Waals surface area contributed by atoms with E-state index in [0.717, 1.165) is 18.2 Å². The zero-order chi connectivity index (χ0) is 25.0. The Morgan fingerprint density at radius 1 is 1.12 bits per heavy atom. The van der Waals surface area contributed by atoms with E-state index in [1.54, 1.807) is 24.3 Å². The maximum atomic E-state index is 13.1. The van der Waals surface area contributed by atoms with Crippen LogP contribution in [0.5, 0.6) is 5.75 Å². The van der Waals surface area contributed by atoms with Crippen molar-refractivity contribution in [3.8, 4) is 5.75 Å². The van der Waals surface area contributed by atoms with Crippen LogP contribution in [0.4, 0.5) is 18.9 Å². The molecule has 1 heterocycles. The number of benzene rings is 2. The predicted molar refractivity (Wildman–Crippen MR) is 119 cm³/mol. The lowest BCUT2D eigenvalue weighted by molar-refractivity contribution is -0.137. The molecule has 0 N–H and O–H groups in total. The largest absolute Gasteiger partial charge is 0.497 e. The van der Waals surface area contributed by atoms with Gasteiger partial charge in [0.15, 0.2) is 0 Å². The molecule has 0 radical (unpaired) electrons. The van der Waals surface area contributed by atoms with E-state index in [1.807, 2.05) is 13.8 Å². The van der Waals surface area contributed by atoms with Gasteiger partial charge in [0.25, 0.3) is 5.91 Å². The Bertz CT molecular complexity index is 1050. The van der Waals surface area contributed by atoms with Crippen LogP contribution in [0.1, 0.15) is 29.8 Å². The number of hydrogen-bond donors (Lipinski definition) is 0. The molecule has 3 rings (SSSR count). The Labute approximate surface area is 195 Å². The number of carbonyl (C=O) groups is 3. The fraction of sp³-hybridized carbons (Fsp3) is 0.375. The van der Waals surface area contributed by atoms with Crippen molar-refractivity contribution in [3.05, 3.63) is 59.7 Å². The van der Waals surface area contributed by atoms with Crippen molar-refractivity contribution in [2.75, 3.05) is 38.3 Å². The first-order chi connectivity index (χ1) is 16.0. The topological polar surface area (TPSA) is 70.2 Å². The summed E-state index contributed by atoms with van der Waals surface area (Å²) >= 11 is 0. The number of anilines is 1. The highest BCUT2D eigenvalue weighted by Gasteiger charge is 2.34. The molecule has 34 heavy (non-hydrogen) atoms. The lowest BCUT2D eigenvalue weighted by Crippen LogP contribution is -2.44. The first-order valence-corrected chi connectivity index (χ1v) is 10.7. The van der Waals surface area contributed by atoms with Crippen LogP contribution in [-0.2, 0) is 15.8 Å². The van der Waals surface area contributed by atoms with Gasteiger partial charge in [0.05, 0.1) is 12.7 Å². The van der Waals surface area contributed by atoms with Gasteiger partial charge < -0.3 is 14.5 Å². The van der Waals surface area contributed by atoms with Gasteiger partial charge in [0, 0.05) is 17.8 Å². The van der Waals surface area contributed by atoms with Gasteiger partial charge in [0.2, 0.25) is 11.8 Å². The predicted octanol–water partition coefficient (Wildman–Crippen LogP) is 3.65. The lowest BCUT2D eigenvalue weighted by Gasteiger charge is -2.27. The summed E-state index contributed by atoms with van der Waals surface area (Å²) in [6.07, 6.45) is -4.59. The van der Waals surface area contributed by atoms with Crippen LogP contribution < -0.4 is 9.64 Å². The van der Waals surface area contributed by atoms with Crippen LogP contribution in [0, 0.1) is 5.92 Å². The molecular weight excluding hydrogens is 451 g/mol. The number of ether oxygens (including phenoxy) is 1. The van der Waals surface area contributed by atoms with Gasteiger partial charge >= 0.3 is 6.18 Å². The number of halogens is 3. The second-order valence-electron chi connectivity index (χ2n) is 8.41. The molecule has 3 amide bonds. The Balaban J connectivity index is 1.74. The smallest absolute Gasteiger partial charge is 0.416 e. The van der Waals surface area contributed by atoms with E-state index in [1.165, 1.54) is 27.9 Å². The van der Waals surface area contributed by atoms with E-state index in [0.29, 0.717) is 11.4 Å². The average molecular weight is 477 g/mol. The molecule has 0 atom stereocenters. The van der Waals surface area contributed by atoms with Gasteiger partial charge in [-0.15, -0.1) is 0 Å². The van der Waals surface area contributed by atoms with Crippen LogP contribution >= 0.6 is 0 Å². The van der Waals surface area contributed by atoms with Crippen LogP contribution in [0.3, 0.4) is 0 Å². The van der Waals surface area contributed by atoms with Gasteiger partial charge in [-0.3, -0.25) is 19.3 Å². The minimum Gasteiger partial charge on any atom is -0.497 e. The van der Waals surface area contributed by atoms with Crippen molar-refractivity contribution in [3.63, 3.8) is 0 Å². The van der Waals surface area contributed by atoms with Crippen LogP contribution in [-0.4, -0.2) is 60.9 Å². The van der Waals surface area contributed by atoms with Crippen LogP contribution in [0.15, 0.2) is 48.5 Å². The van der Waals surface area contributed by atoms with E-state index in [4.69, 9.17) is 4.74 Å². The molecule has 0 aliphatic carbocycles. The number of methoxy groups -OCH3 is 1. The molecule has 2 aromatic rings. The van der Waals surface area contributed by atoms with Crippen molar-refractivity contribution < 1.29 is 32.3 Å². The fourth-order valence-corrected chi connectivity index (χ4v) is 3.64. The average Bonchev–Trinajstić information content (AvgIpc) is 3.19. The third-order valence-electron chi connectivity index (χ3n) is 5.31. The summed E-state index contributed by atoms with van der Waals surface area (Å²) in [4.78, 5) is 42.5. The van der Waals surface area contributed by atoms with E-state index in [9.17, 15) is 27.6 Å². The van der Waals surface area contributed by atoms with Crippen molar-refractivity contribution >= 4 is 23.4 Å². The van der Waals surface area contributed by atoms with Crippen molar-refractivity contribution in [1.82, 2.24) is 9.80 Å². The van der Waals surface area contributed by atoms with Gasteiger partial charge in [-0.05, 0) is 48.4 Å². The van der Waals surface area contributed by atoms with Gasteiger partial charge in [0.1, 0.15) is 25.5 Å². The molecule has 0 bridgehead atoms. The molecule has 2 aromatic carbocycles. The maximum absolute atomic E-state index is 13.1. The van der Waals surface area contributed by atoms with Gasteiger partial charge in [-0.25, -0.2) is 0 Å². The molecular formula is C24H26F3N3O4. The third-order valence-corrected chi connectivity index (χ3v) is 5.31. The maximum Gasteiger partial charge on any atom is 0.416 e. The molecule has 1 aliphatic heterocycles. The number of alkyl halides is 3. The normalized spacial score (nSPS) is 14.0. The van der Waals surface area contributed by atoms with Crippen molar-refractivity contribution in [2.45, 2.75) is 20.0 Å². The Morgan fingerprint density at radius 3 is 2.38 bits per heavy atom. The second kappa shape index (κ2) is 10.1. The summed E-state index contributed by atoms with van der Waals surface area (Å²) in [5.74, 6) is -0.825. The molecule has 182 valence electrons. The Morgan fingerprint density at radius 2 is 1.79 bits per heavy atom. The highest BCUT2D eigenvalue weighted by molar-refractivity contribution is 6.01. The summed E-state index contributed by atoms with van der Waals surface area (Å²) in [5, 5.41) is 0. The summed E-state index contributed by atoms with van der Waals surface area (Å²) in [5.41, 5.74) is -0.491. The quantitative estimate of drug-likeness (QED) is 0.611. The lowest BCUT2D eigenvalue weighted by atomic mass is 10.1. The van der Waals surface area contributed by atoms with Gasteiger partial charge in [-0.1, -0.05) is 19.9 Å². The van der Waals surface area contributed by atoms with E-state index < -0.39 is 23.6 Å². The molecule has 10 heteroatoms. The standard InChI is InChI=1S/C24H26F3N3O4/c1-16(2)12-28(23(33)17-5-4-6-18(11-17)24(25,26)27)13-21(31)29-14-22(32)30(15-29)19-7-9-20(34-3)10-8-19/h4-11,16H,12-15H2,1-3H3. The Hall–Kier alpha value is -3.56. The van der Waals surface area contributed by atoms with E-state index in [2.05, 4.69) is 0 Å². The molecule has 1 fully saturated rings. The number of hydrogen-bond acceptors (Lipinski definition) is 4. The second-order valence-corrected chi connectivity index (χ2v) is 8.41. The molecule has 0 unspecified atom stereocenters. The zero-order valence-corrected chi connectivity index (χ0v) is 19.1. The van der Waals surface area contributed by atoms with Crippen molar-refractivity contribution in [1.29, 1.82) is 0 Å². The van der Waals surface area contributed by atoms with Crippen molar-refractivity contribution in [2.24, 2.45) is 5.92 Å². The minimum absolute atomic E-state index is 0.0112. The minimum atomic E-state index is -4.59. The molecule has 0 aromatic heterocycles. The third kappa shape index (κ3) is 5.86. The van der Waals surface area contributed by atoms with Crippen LogP contribution in [0.2, 0.25) is 0 Å². The fourth-order valence-electron chi connectivity index (χ4n) is 3.64. The summed E-state index contributed by atoms with van der Waals surface area (Å²) < 4.78 is 44.4. The number of nitrogens with zero attached hydrogens (tertiary/aromatic N) is 3. The highest BCUT2D eigenvalue weighted by Crippen LogP contribution is 2.30. The van der Waals surface area contributed by atoms with Gasteiger partial charge in [-0.2, -0.15) is 13.2 Å².